The number of halogens is 2. The first-order valence-corrected chi connectivity index (χ1v) is 6.91. The molecule has 8 heteroatoms. The maximum absolute atomic E-state index is 12.5. The number of benzene rings is 1. The van der Waals surface area contributed by atoms with E-state index in [9.17, 15) is 14.7 Å². The number of carboxylic acid groups (broad SMARTS) is 1. The van der Waals surface area contributed by atoms with Crippen LogP contribution in [0.3, 0.4) is 0 Å². The maximum Gasteiger partial charge on any atom is 0.326 e. The van der Waals surface area contributed by atoms with Gasteiger partial charge in [-0.05, 0) is 12.1 Å². The number of hydrogen-bond acceptors (Lipinski definition) is 4. The highest BCUT2D eigenvalue weighted by atomic mass is 35.5. The summed E-state index contributed by atoms with van der Waals surface area (Å²) in [6.45, 7) is 0.200. The molecule has 0 bridgehead atoms. The molecule has 1 aromatic carbocycles. The van der Waals surface area contributed by atoms with Crippen LogP contribution in [-0.2, 0) is 9.53 Å². The van der Waals surface area contributed by atoms with Crippen LogP contribution in [0.1, 0.15) is 16.8 Å². The number of ether oxygens (including phenoxy) is 1. The van der Waals surface area contributed by atoms with E-state index in [0.29, 0.717) is 0 Å². The molecule has 1 fully saturated rings. The highest BCUT2D eigenvalue weighted by Crippen LogP contribution is 2.31. The van der Waals surface area contributed by atoms with Gasteiger partial charge in [0.1, 0.15) is 6.04 Å². The minimum absolute atomic E-state index is 0.153. The van der Waals surface area contributed by atoms with Crippen LogP contribution in [0.5, 0.6) is 0 Å². The van der Waals surface area contributed by atoms with Gasteiger partial charge in [0.15, 0.2) is 0 Å². The first-order chi connectivity index (χ1) is 9.85. The summed E-state index contributed by atoms with van der Waals surface area (Å²) in [6.07, 6.45) is -0.0663. The number of amides is 1. The SMILES string of the molecule is COC1CC(C(=O)O)N(C(=O)c2cc(Cl)c(N)c(Cl)c2)C1. The van der Waals surface area contributed by atoms with Crippen LogP contribution < -0.4 is 5.73 Å². The highest BCUT2D eigenvalue weighted by molar-refractivity contribution is 6.39. The molecule has 2 rings (SSSR count). The molecule has 1 aliphatic rings. The number of methoxy groups -OCH3 is 1. The zero-order valence-corrected chi connectivity index (χ0v) is 12.7. The fourth-order valence-corrected chi connectivity index (χ4v) is 2.79. The van der Waals surface area contributed by atoms with Gasteiger partial charge in [0.25, 0.3) is 5.91 Å². The number of carbonyl (C=O) groups excluding carboxylic acids is 1. The lowest BCUT2D eigenvalue weighted by molar-refractivity contribution is -0.141. The van der Waals surface area contributed by atoms with Gasteiger partial charge in [0.05, 0.1) is 21.8 Å². The number of nitrogens with zero attached hydrogens (tertiary/aromatic N) is 1. The lowest BCUT2D eigenvalue weighted by Crippen LogP contribution is -2.40. The van der Waals surface area contributed by atoms with Crippen molar-refractivity contribution in [3.63, 3.8) is 0 Å². The Balaban J connectivity index is 2.32. The predicted molar refractivity (Wildman–Crippen MR) is 78.7 cm³/mol. The van der Waals surface area contributed by atoms with Gasteiger partial charge in [-0.2, -0.15) is 0 Å². The number of nitrogens with two attached hydrogens (primary N) is 1. The number of anilines is 1. The summed E-state index contributed by atoms with van der Waals surface area (Å²) in [6, 6.07) is 1.83. The van der Waals surface area contributed by atoms with Crippen molar-refractivity contribution in [3.8, 4) is 0 Å². The standard InChI is InChI=1S/C13H14Cl2N2O4/c1-21-7-4-10(13(19)20)17(5-7)12(18)6-2-8(14)11(16)9(15)3-6/h2-3,7,10H,4-5,16H2,1H3,(H,19,20). The summed E-state index contributed by atoms with van der Waals surface area (Å²) in [4.78, 5) is 25.0. The van der Waals surface area contributed by atoms with Crippen molar-refractivity contribution < 1.29 is 19.4 Å². The summed E-state index contributed by atoms with van der Waals surface area (Å²) in [5.74, 6) is -1.54. The molecule has 1 heterocycles. The van der Waals surface area contributed by atoms with Crippen LogP contribution in [0.25, 0.3) is 0 Å². The molecule has 2 unspecified atom stereocenters. The van der Waals surface area contributed by atoms with Gasteiger partial charge in [0, 0.05) is 25.6 Å². The monoisotopic (exact) mass is 332 g/mol. The highest BCUT2D eigenvalue weighted by Gasteiger charge is 2.40. The first-order valence-electron chi connectivity index (χ1n) is 6.16. The molecule has 0 saturated carbocycles. The van der Waals surface area contributed by atoms with E-state index >= 15 is 0 Å². The molecule has 0 aliphatic carbocycles. The van der Waals surface area contributed by atoms with Crippen molar-refractivity contribution in [2.24, 2.45) is 0 Å². The number of carbonyl (C=O) groups is 2. The van der Waals surface area contributed by atoms with E-state index < -0.39 is 17.9 Å². The molecule has 1 amide bonds. The Kier molecular flexibility index (Phi) is 4.61. The Morgan fingerprint density at radius 2 is 1.95 bits per heavy atom. The van der Waals surface area contributed by atoms with Gasteiger partial charge in [-0.25, -0.2) is 4.79 Å². The molecule has 114 valence electrons. The zero-order chi connectivity index (χ0) is 15.7. The molecule has 0 spiro atoms. The number of aliphatic carboxylic acids is 1. The van der Waals surface area contributed by atoms with Gasteiger partial charge in [0.2, 0.25) is 0 Å². The average Bonchev–Trinajstić information content (AvgIpc) is 2.87. The van der Waals surface area contributed by atoms with Crippen LogP contribution >= 0.6 is 23.2 Å². The van der Waals surface area contributed by atoms with Crippen LogP contribution in [0.15, 0.2) is 12.1 Å². The normalized spacial score (nSPS) is 21.6. The Bertz CT molecular complexity index is 571. The minimum atomic E-state index is -1.07. The topological polar surface area (TPSA) is 92.9 Å². The Labute approximate surface area is 131 Å². The molecule has 3 N–H and O–H groups in total. The summed E-state index contributed by atoms with van der Waals surface area (Å²) in [5.41, 5.74) is 6.00. The lowest BCUT2D eigenvalue weighted by atomic mass is 10.1. The van der Waals surface area contributed by atoms with Crippen LogP contribution in [0, 0.1) is 0 Å². The van der Waals surface area contributed by atoms with Gasteiger partial charge >= 0.3 is 5.97 Å². The molecular formula is C13H14Cl2N2O4. The van der Waals surface area contributed by atoms with Crippen molar-refractivity contribution in [1.29, 1.82) is 0 Å². The maximum atomic E-state index is 12.5. The summed E-state index contributed by atoms with van der Waals surface area (Å²) >= 11 is 11.8. The Hall–Kier alpha value is -1.50. The van der Waals surface area contributed by atoms with Crippen LogP contribution in [0.4, 0.5) is 5.69 Å². The smallest absolute Gasteiger partial charge is 0.326 e. The molecule has 21 heavy (non-hydrogen) atoms. The van der Waals surface area contributed by atoms with Crippen LogP contribution in [0.2, 0.25) is 10.0 Å². The Morgan fingerprint density at radius 1 is 1.38 bits per heavy atom. The summed E-state index contributed by atoms with van der Waals surface area (Å²) < 4.78 is 5.15. The predicted octanol–water partition coefficient (Wildman–Crippen LogP) is 1.89. The summed E-state index contributed by atoms with van der Waals surface area (Å²) in [5, 5.41) is 9.53. The number of carboxylic acids is 1. The van der Waals surface area contributed by atoms with Crippen molar-refractivity contribution in [2.75, 3.05) is 19.4 Å². The van der Waals surface area contributed by atoms with Crippen LogP contribution in [-0.4, -0.2) is 47.7 Å². The van der Waals surface area contributed by atoms with E-state index in [4.69, 9.17) is 33.7 Å². The number of hydrogen-bond donors (Lipinski definition) is 2. The van der Waals surface area contributed by atoms with Gasteiger partial charge < -0.3 is 20.5 Å². The fraction of sp³-hybridized carbons (Fsp3) is 0.385. The second-order valence-corrected chi connectivity index (χ2v) is 5.57. The third kappa shape index (κ3) is 3.07. The van der Waals surface area contributed by atoms with Gasteiger partial charge in [-0.3, -0.25) is 4.79 Å². The lowest BCUT2D eigenvalue weighted by Gasteiger charge is -2.21. The number of rotatable bonds is 3. The zero-order valence-electron chi connectivity index (χ0n) is 11.2. The van der Waals surface area contributed by atoms with Crippen molar-refractivity contribution in [3.05, 3.63) is 27.7 Å². The van der Waals surface area contributed by atoms with E-state index in [2.05, 4.69) is 0 Å². The fourth-order valence-electron chi connectivity index (χ4n) is 2.30. The van der Waals surface area contributed by atoms with E-state index in [1.54, 1.807) is 0 Å². The quantitative estimate of drug-likeness (QED) is 0.824. The third-order valence-corrected chi connectivity index (χ3v) is 4.09. The molecular weight excluding hydrogens is 319 g/mol. The first kappa shape index (κ1) is 15.9. The largest absolute Gasteiger partial charge is 0.480 e. The molecule has 0 radical (unpaired) electrons. The van der Waals surface area contributed by atoms with Crippen molar-refractivity contribution >= 4 is 40.8 Å². The van der Waals surface area contributed by atoms with E-state index in [1.165, 1.54) is 24.1 Å². The molecule has 1 saturated heterocycles. The number of nitrogen functional groups attached to an aromatic ring is 1. The summed E-state index contributed by atoms with van der Waals surface area (Å²) in [7, 11) is 1.48. The second kappa shape index (κ2) is 6.09. The van der Waals surface area contributed by atoms with E-state index in [-0.39, 0.29) is 40.4 Å². The Morgan fingerprint density at radius 3 is 2.43 bits per heavy atom. The third-order valence-electron chi connectivity index (χ3n) is 3.47. The average molecular weight is 333 g/mol. The van der Waals surface area contributed by atoms with E-state index in [0.717, 1.165) is 0 Å². The molecule has 1 aliphatic heterocycles. The second-order valence-electron chi connectivity index (χ2n) is 4.76. The minimum Gasteiger partial charge on any atom is -0.480 e. The molecule has 0 aromatic heterocycles. The van der Waals surface area contributed by atoms with Gasteiger partial charge in [-0.15, -0.1) is 0 Å². The number of likely N-dealkylation sites (tertiary alicyclic amines) is 1. The van der Waals surface area contributed by atoms with Crippen molar-refractivity contribution in [2.45, 2.75) is 18.6 Å². The van der Waals surface area contributed by atoms with E-state index in [1.807, 2.05) is 0 Å². The van der Waals surface area contributed by atoms with Gasteiger partial charge in [-0.1, -0.05) is 23.2 Å². The molecule has 6 nitrogen and oxygen atoms in total. The molecule has 2 atom stereocenters. The van der Waals surface area contributed by atoms with Crippen molar-refractivity contribution in [1.82, 2.24) is 4.90 Å². The molecule has 1 aromatic rings.